The minimum absolute atomic E-state index is 0.327. The number of nitrogens with zero attached hydrogens (tertiary/aromatic N) is 3. The molecule has 5 heteroatoms. The van der Waals surface area contributed by atoms with Gasteiger partial charge in [-0.3, -0.25) is 9.20 Å². The molecule has 0 unspecified atom stereocenters. The van der Waals surface area contributed by atoms with E-state index >= 15 is 0 Å². The van der Waals surface area contributed by atoms with Crippen molar-refractivity contribution in [3.63, 3.8) is 0 Å². The summed E-state index contributed by atoms with van der Waals surface area (Å²) in [6.45, 7) is 1.76. The van der Waals surface area contributed by atoms with Crippen LogP contribution in [0.15, 0.2) is 24.4 Å². The number of hydrogen-bond donors (Lipinski definition) is 0. The first-order valence-electron chi connectivity index (χ1n) is 6.53. The summed E-state index contributed by atoms with van der Waals surface area (Å²) in [6, 6.07) is 5.75. The Morgan fingerprint density at radius 2 is 2.16 bits per heavy atom. The molecular weight excluding hydrogens is 242 g/mol. The summed E-state index contributed by atoms with van der Waals surface area (Å²) in [7, 11) is 1.75. The third-order valence-electron chi connectivity index (χ3n) is 3.73. The van der Waals surface area contributed by atoms with E-state index in [1.807, 2.05) is 28.8 Å². The number of aromatic nitrogens is 2. The molecule has 1 aliphatic heterocycles. The summed E-state index contributed by atoms with van der Waals surface area (Å²) in [5.74, 6) is 0.788. The number of pyridine rings is 1. The summed E-state index contributed by atoms with van der Waals surface area (Å²) < 4.78 is 7.21. The first-order chi connectivity index (χ1) is 9.33. The lowest BCUT2D eigenvalue weighted by Gasteiger charge is -2.31. The molecule has 0 atom stereocenters. The standard InChI is InChI=1S/C14H17N3O2/c1-19-11-5-8-16(9-6-11)14-12(10-18)17-7-3-2-4-13(17)15-14/h2-4,7,10-11H,5-6,8-9H2,1H3. The highest BCUT2D eigenvalue weighted by Gasteiger charge is 2.23. The van der Waals surface area contributed by atoms with Gasteiger partial charge in [-0.1, -0.05) is 6.07 Å². The molecule has 100 valence electrons. The molecule has 1 saturated heterocycles. The first kappa shape index (κ1) is 12.2. The Bertz CT molecular complexity index is 585. The van der Waals surface area contributed by atoms with Crippen LogP contribution < -0.4 is 4.90 Å². The van der Waals surface area contributed by atoms with Gasteiger partial charge in [-0.05, 0) is 25.0 Å². The van der Waals surface area contributed by atoms with Crippen LogP contribution in [0.5, 0.6) is 0 Å². The zero-order chi connectivity index (χ0) is 13.2. The number of anilines is 1. The van der Waals surface area contributed by atoms with E-state index in [1.54, 1.807) is 7.11 Å². The summed E-state index contributed by atoms with van der Waals surface area (Å²) >= 11 is 0. The fourth-order valence-electron chi connectivity index (χ4n) is 2.65. The van der Waals surface area contributed by atoms with Gasteiger partial charge in [0, 0.05) is 26.4 Å². The van der Waals surface area contributed by atoms with Crippen molar-refractivity contribution in [1.82, 2.24) is 9.38 Å². The summed E-state index contributed by atoms with van der Waals surface area (Å²) in [5.41, 5.74) is 1.44. The van der Waals surface area contributed by atoms with Gasteiger partial charge in [0.15, 0.2) is 12.1 Å². The molecule has 3 rings (SSSR count). The SMILES string of the molecule is COC1CCN(c2nc3ccccn3c2C=O)CC1. The molecule has 0 bridgehead atoms. The maximum Gasteiger partial charge on any atom is 0.170 e. The van der Waals surface area contributed by atoms with Crippen molar-refractivity contribution >= 4 is 17.8 Å². The topological polar surface area (TPSA) is 46.8 Å². The maximum absolute atomic E-state index is 11.4. The van der Waals surface area contributed by atoms with Gasteiger partial charge in [-0.15, -0.1) is 0 Å². The molecule has 0 N–H and O–H groups in total. The van der Waals surface area contributed by atoms with Gasteiger partial charge in [-0.25, -0.2) is 4.98 Å². The van der Waals surface area contributed by atoms with Crippen LogP contribution in [0.4, 0.5) is 5.82 Å². The van der Waals surface area contributed by atoms with E-state index in [0.717, 1.165) is 43.7 Å². The molecule has 2 aromatic rings. The van der Waals surface area contributed by atoms with E-state index in [-0.39, 0.29) is 0 Å². The van der Waals surface area contributed by atoms with Gasteiger partial charge in [-0.2, -0.15) is 0 Å². The average molecular weight is 259 g/mol. The van der Waals surface area contributed by atoms with Crippen molar-refractivity contribution in [3.8, 4) is 0 Å². The predicted octanol–water partition coefficient (Wildman–Crippen LogP) is 1.76. The van der Waals surface area contributed by atoms with Crippen LogP contribution in [-0.2, 0) is 4.74 Å². The first-order valence-corrected chi connectivity index (χ1v) is 6.53. The van der Waals surface area contributed by atoms with Crippen molar-refractivity contribution in [2.45, 2.75) is 18.9 Å². The number of aldehydes is 1. The van der Waals surface area contributed by atoms with Gasteiger partial charge in [0.05, 0.1) is 6.10 Å². The number of carbonyl (C=O) groups excluding carboxylic acids is 1. The molecule has 0 spiro atoms. The summed E-state index contributed by atoms with van der Waals surface area (Å²) in [6.07, 6.45) is 5.04. The fourth-order valence-corrected chi connectivity index (χ4v) is 2.65. The van der Waals surface area contributed by atoms with Gasteiger partial charge >= 0.3 is 0 Å². The molecular formula is C14H17N3O2. The monoisotopic (exact) mass is 259 g/mol. The number of hydrogen-bond acceptors (Lipinski definition) is 4. The number of carbonyl (C=O) groups is 1. The minimum Gasteiger partial charge on any atom is -0.381 e. The second-order valence-electron chi connectivity index (χ2n) is 4.79. The summed E-state index contributed by atoms with van der Waals surface area (Å²) in [5, 5.41) is 0. The van der Waals surface area contributed by atoms with Crippen molar-refractivity contribution in [2.24, 2.45) is 0 Å². The minimum atomic E-state index is 0.327. The molecule has 5 nitrogen and oxygen atoms in total. The van der Waals surface area contributed by atoms with Crippen LogP contribution >= 0.6 is 0 Å². The number of imidazole rings is 1. The van der Waals surface area contributed by atoms with Crippen molar-refractivity contribution in [3.05, 3.63) is 30.1 Å². The van der Waals surface area contributed by atoms with Gasteiger partial charge in [0.25, 0.3) is 0 Å². The Kier molecular flexibility index (Phi) is 3.21. The van der Waals surface area contributed by atoms with Gasteiger partial charge in [0.2, 0.25) is 0 Å². The van der Waals surface area contributed by atoms with Gasteiger partial charge < -0.3 is 9.64 Å². The van der Waals surface area contributed by atoms with Crippen LogP contribution in [0, 0.1) is 0 Å². The lowest BCUT2D eigenvalue weighted by Crippen LogP contribution is -2.37. The molecule has 3 heterocycles. The third-order valence-corrected chi connectivity index (χ3v) is 3.73. The number of piperidine rings is 1. The smallest absolute Gasteiger partial charge is 0.170 e. The van der Waals surface area contributed by atoms with Crippen molar-refractivity contribution < 1.29 is 9.53 Å². The lowest BCUT2D eigenvalue weighted by atomic mass is 10.1. The lowest BCUT2D eigenvalue weighted by molar-refractivity contribution is 0.0818. The highest BCUT2D eigenvalue weighted by Crippen LogP contribution is 2.24. The van der Waals surface area contributed by atoms with E-state index in [2.05, 4.69) is 9.88 Å². The van der Waals surface area contributed by atoms with Crippen molar-refractivity contribution in [2.75, 3.05) is 25.1 Å². The Morgan fingerprint density at radius 1 is 1.37 bits per heavy atom. The predicted molar refractivity (Wildman–Crippen MR) is 72.8 cm³/mol. The van der Waals surface area contributed by atoms with Crippen molar-refractivity contribution in [1.29, 1.82) is 0 Å². The Hall–Kier alpha value is -1.88. The number of fused-ring (bicyclic) bond motifs is 1. The van der Waals surface area contributed by atoms with Crippen LogP contribution in [-0.4, -0.2) is 42.0 Å². The molecule has 2 aromatic heterocycles. The zero-order valence-corrected chi connectivity index (χ0v) is 11.0. The molecule has 0 saturated carbocycles. The summed E-state index contributed by atoms with van der Waals surface area (Å²) in [4.78, 5) is 18.1. The van der Waals surface area contributed by atoms with E-state index in [9.17, 15) is 4.79 Å². The van der Waals surface area contributed by atoms with Crippen LogP contribution in [0.25, 0.3) is 5.65 Å². The highest BCUT2D eigenvalue weighted by atomic mass is 16.5. The highest BCUT2D eigenvalue weighted by molar-refractivity contribution is 5.83. The fraction of sp³-hybridized carbons (Fsp3) is 0.429. The van der Waals surface area contributed by atoms with E-state index in [1.165, 1.54) is 0 Å². The van der Waals surface area contributed by atoms with Crippen LogP contribution in [0.1, 0.15) is 23.3 Å². The second kappa shape index (κ2) is 5.01. The van der Waals surface area contributed by atoms with Crippen LogP contribution in [0.2, 0.25) is 0 Å². The molecule has 19 heavy (non-hydrogen) atoms. The van der Waals surface area contributed by atoms with Gasteiger partial charge in [0.1, 0.15) is 11.3 Å². The Labute approximate surface area is 111 Å². The molecule has 1 fully saturated rings. The van der Waals surface area contributed by atoms with Crippen LogP contribution in [0.3, 0.4) is 0 Å². The Morgan fingerprint density at radius 3 is 2.84 bits per heavy atom. The zero-order valence-electron chi connectivity index (χ0n) is 11.0. The number of methoxy groups -OCH3 is 1. The third kappa shape index (κ3) is 2.10. The molecule has 0 radical (unpaired) electrons. The normalized spacial score (nSPS) is 17.0. The molecule has 1 aliphatic rings. The largest absolute Gasteiger partial charge is 0.381 e. The van der Waals surface area contributed by atoms with E-state index in [4.69, 9.17) is 4.74 Å². The second-order valence-corrected chi connectivity index (χ2v) is 4.79. The molecule has 0 amide bonds. The quantitative estimate of drug-likeness (QED) is 0.788. The van der Waals surface area contributed by atoms with E-state index < -0.39 is 0 Å². The Balaban J connectivity index is 1.94. The maximum atomic E-state index is 11.4. The molecule has 0 aromatic carbocycles. The molecule has 0 aliphatic carbocycles. The average Bonchev–Trinajstić information content (AvgIpc) is 2.85. The van der Waals surface area contributed by atoms with E-state index in [0.29, 0.717) is 11.8 Å². The number of rotatable bonds is 3. The number of ether oxygens (including phenoxy) is 1.